The fraction of sp³-hybridized carbons (Fsp3) is 0.500. The standard InChI is InChI=1S/C10H14N2/c1-2-6-11-8-9-4-3-7-12-10(9)5-1/h3-4,7,11H,1-2,5-6,8H2. The summed E-state index contributed by atoms with van der Waals surface area (Å²) >= 11 is 0. The summed E-state index contributed by atoms with van der Waals surface area (Å²) in [6.45, 7) is 2.14. The van der Waals surface area contributed by atoms with Crippen LogP contribution in [0, 0.1) is 0 Å². The summed E-state index contributed by atoms with van der Waals surface area (Å²) in [6, 6.07) is 4.18. The van der Waals surface area contributed by atoms with Crippen molar-refractivity contribution < 1.29 is 0 Å². The molecular formula is C10H14N2. The number of hydrogen-bond acceptors (Lipinski definition) is 2. The predicted molar refractivity (Wildman–Crippen MR) is 48.9 cm³/mol. The maximum absolute atomic E-state index is 4.38. The lowest BCUT2D eigenvalue weighted by atomic mass is 10.1. The van der Waals surface area contributed by atoms with Crippen LogP contribution in [0.5, 0.6) is 0 Å². The fourth-order valence-electron chi connectivity index (χ4n) is 1.62. The molecule has 64 valence electrons. The fourth-order valence-corrected chi connectivity index (χ4v) is 1.62. The van der Waals surface area contributed by atoms with E-state index in [0.29, 0.717) is 0 Å². The highest BCUT2D eigenvalue weighted by Gasteiger charge is 2.05. The van der Waals surface area contributed by atoms with E-state index in [1.165, 1.54) is 24.1 Å². The summed E-state index contributed by atoms with van der Waals surface area (Å²) in [4.78, 5) is 4.38. The molecule has 0 bridgehead atoms. The quantitative estimate of drug-likeness (QED) is 0.625. The van der Waals surface area contributed by atoms with Gasteiger partial charge in [-0.1, -0.05) is 6.07 Å². The molecule has 2 nitrogen and oxygen atoms in total. The van der Waals surface area contributed by atoms with Crippen LogP contribution in [0.1, 0.15) is 24.1 Å². The Morgan fingerprint density at radius 2 is 2.33 bits per heavy atom. The van der Waals surface area contributed by atoms with E-state index in [9.17, 15) is 0 Å². The van der Waals surface area contributed by atoms with E-state index in [1.54, 1.807) is 0 Å². The molecule has 1 aromatic rings. The molecule has 0 unspecified atom stereocenters. The van der Waals surface area contributed by atoms with Gasteiger partial charge >= 0.3 is 0 Å². The van der Waals surface area contributed by atoms with Crippen LogP contribution in [-0.2, 0) is 13.0 Å². The molecule has 0 radical (unpaired) electrons. The average molecular weight is 162 g/mol. The molecule has 12 heavy (non-hydrogen) atoms. The third kappa shape index (κ3) is 1.64. The molecule has 1 N–H and O–H groups in total. The van der Waals surface area contributed by atoms with Gasteiger partial charge in [0.1, 0.15) is 0 Å². The third-order valence-corrected chi connectivity index (χ3v) is 2.32. The lowest BCUT2D eigenvalue weighted by Crippen LogP contribution is -2.19. The van der Waals surface area contributed by atoms with Gasteiger partial charge in [-0.15, -0.1) is 0 Å². The summed E-state index contributed by atoms with van der Waals surface area (Å²) in [5.74, 6) is 0. The van der Waals surface area contributed by atoms with E-state index in [1.807, 2.05) is 12.3 Å². The number of aromatic nitrogens is 1. The molecule has 2 heterocycles. The van der Waals surface area contributed by atoms with Crippen molar-refractivity contribution in [2.24, 2.45) is 0 Å². The molecule has 0 fully saturated rings. The number of aryl methyl sites for hydroxylation is 1. The van der Waals surface area contributed by atoms with Gasteiger partial charge in [-0.05, 0) is 37.4 Å². The van der Waals surface area contributed by atoms with Crippen LogP contribution in [0.15, 0.2) is 18.3 Å². The smallest absolute Gasteiger partial charge is 0.0448 e. The molecule has 0 saturated carbocycles. The zero-order valence-electron chi connectivity index (χ0n) is 7.21. The maximum atomic E-state index is 4.38. The Morgan fingerprint density at radius 1 is 1.33 bits per heavy atom. The zero-order chi connectivity index (χ0) is 8.23. The van der Waals surface area contributed by atoms with E-state index in [-0.39, 0.29) is 0 Å². The maximum Gasteiger partial charge on any atom is 0.0448 e. The SMILES string of the molecule is c1cnc2c(c1)CNCCCC2. The van der Waals surface area contributed by atoms with Gasteiger partial charge in [0.05, 0.1) is 0 Å². The Labute approximate surface area is 73.0 Å². The van der Waals surface area contributed by atoms with E-state index in [0.717, 1.165) is 19.5 Å². The number of rotatable bonds is 0. The predicted octanol–water partition coefficient (Wildman–Crippen LogP) is 1.51. The van der Waals surface area contributed by atoms with Crippen LogP contribution >= 0.6 is 0 Å². The molecule has 2 rings (SSSR count). The first-order valence-corrected chi connectivity index (χ1v) is 4.60. The van der Waals surface area contributed by atoms with Gasteiger partial charge in [-0.25, -0.2) is 0 Å². The third-order valence-electron chi connectivity index (χ3n) is 2.32. The molecule has 1 aliphatic rings. The Bertz CT molecular complexity index is 231. The monoisotopic (exact) mass is 162 g/mol. The Balaban J connectivity index is 2.24. The van der Waals surface area contributed by atoms with Crippen LogP contribution in [-0.4, -0.2) is 11.5 Å². The van der Waals surface area contributed by atoms with Crippen molar-refractivity contribution in [2.75, 3.05) is 6.54 Å². The Morgan fingerprint density at radius 3 is 3.33 bits per heavy atom. The van der Waals surface area contributed by atoms with Crippen molar-refractivity contribution >= 4 is 0 Å². The number of nitrogens with zero attached hydrogens (tertiary/aromatic N) is 1. The van der Waals surface area contributed by atoms with Crippen molar-refractivity contribution in [3.05, 3.63) is 29.6 Å². The second-order valence-electron chi connectivity index (χ2n) is 3.24. The molecular weight excluding hydrogens is 148 g/mol. The summed E-state index contributed by atoms with van der Waals surface area (Å²) in [7, 11) is 0. The highest BCUT2D eigenvalue weighted by molar-refractivity contribution is 5.20. The molecule has 1 aliphatic heterocycles. The number of hydrogen-bond donors (Lipinski definition) is 1. The lowest BCUT2D eigenvalue weighted by Gasteiger charge is -2.12. The molecule has 0 aliphatic carbocycles. The van der Waals surface area contributed by atoms with Crippen molar-refractivity contribution in [2.45, 2.75) is 25.8 Å². The van der Waals surface area contributed by atoms with Crippen LogP contribution < -0.4 is 5.32 Å². The van der Waals surface area contributed by atoms with Gasteiger partial charge in [0.15, 0.2) is 0 Å². The topological polar surface area (TPSA) is 24.9 Å². The molecule has 1 aromatic heterocycles. The minimum absolute atomic E-state index is 0.989. The first-order chi connectivity index (χ1) is 5.97. The Hall–Kier alpha value is -0.890. The van der Waals surface area contributed by atoms with Gasteiger partial charge in [0, 0.05) is 18.4 Å². The largest absolute Gasteiger partial charge is 0.313 e. The van der Waals surface area contributed by atoms with Crippen molar-refractivity contribution in [3.8, 4) is 0 Å². The lowest BCUT2D eigenvalue weighted by molar-refractivity contribution is 0.591. The summed E-state index contributed by atoms with van der Waals surface area (Å²) < 4.78 is 0. The van der Waals surface area contributed by atoms with E-state index < -0.39 is 0 Å². The second-order valence-corrected chi connectivity index (χ2v) is 3.24. The zero-order valence-corrected chi connectivity index (χ0v) is 7.21. The van der Waals surface area contributed by atoms with Crippen LogP contribution in [0.4, 0.5) is 0 Å². The van der Waals surface area contributed by atoms with Crippen LogP contribution in [0.25, 0.3) is 0 Å². The van der Waals surface area contributed by atoms with Gasteiger partial charge < -0.3 is 5.32 Å². The van der Waals surface area contributed by atoms with Crippen molar-refractivity contribution in [3.63, 3.8) is 0 Å². The van der Waals surface area contributed by atoms with Crippen molar-refractivity contribution in [1.29, 1.82) is 0 Å². The first-order valence-electron chi connectivity index (χ1n) is 4.60. The van der Waals surface area contributed by atoms with Gasteiger partial charge in [0.2, 0.25) is 0 Å². The normalized spacial score (nSPS) is 17.7. The first kappa shape index (κ1) is 7.74. The van der Waals surface area contributed by atoms with Gasteiger partial charge in [-0.2, -0.15) is 0 Å². The molecule has 0 amide bonds. The van der Waals surface area contributed by atoms with E-state index >= 15 is 0 Å². The second kappa shape index (κ2) is 3.68. The van der Waals surface area contributed by atoms with Crippen LogP contribution in [0.2, 0.25) is 0 Å². The highest BCUT2D eigenvalue weighted by atomic mass is 14.9. The highest BCUT2D eigenvalue weighted by Crippen LogP contribution is 2.10. The molecule has 0 aromatic carbocycles. The molecule has 0 atom stereocenters. The number of fused-ring (bicyclic) bond motifs is 1. The summed E-state index contributed by atoms with van der Waals surface area (Å²) in [5, 5.41) is 3.40. The van der Waals surface area contributed by atoms with E-state index in [4.69, 9.17) is 0 Å². The average Bonchev–Trinajstić information content (AvgIpc) is 2.06. The number of pyridine rings is 1. The van der Waals surface area contributed by atoms with Crippen molar-refractivity contribution in [1.82, 2.24) is 10.3 Å². The summed E-state index contributed by atoms with van der Waals surface area (Å²) in [6.07, 6.45) is 5.57. The van der Waals surface area contributed by atoms with Crippen LogP contribution in [0.3, 0.4) is 0 Å². The summed E-state index contributed by atoms with van der Waals surface area (Å²) in [5.41, 5.74) is 2.65. The minimum atomic E-state index is 0.989. The molecule has 0 spiro atoms. The Kier molecular flexibility index (Phi) is 2.37. The van der Waals surface area contributed by atoms with Gasteiger partial charge in [-0.3, -0.25) is 4.98 Å². The molecule has 0 saturated heterocycles. The van der Waals surface area contributed by atoms with Gasteiger partial charge in [0.25, 0.3) is 0 Å². The molecule has 2 heteroatoms. The van der Waals surface area contributed by atoms with E-state index in [2.05, 4.69) is 16.4 Å². The number of nitrogens with one attached hydrogen (secondary N) is 1. The minimum Gasteiger partial charge on any atom is -0.313 e.